The Morgan fingerprint density at radius 3 is 2.35 bits per heavy atom. The molecule has 0 radical (unpaired) electrons. The monoisotopic (exact) mass is 354 g/mol. The van der Waals surface area contributed by atoms with Crippen molar-refractivity contribution in [1.82, 2.24) is 24.7 Å². The number of imide groups is 1. The van der Waals surface area contributed by atoms with E-state index < -0.39 is 0 Å². The topological polar surface area (TPSA) is 92.5 Å². The third-order valence-corrected chi connectivity index (χ3v) is 5.73. The van der Waals surface area contributed by atoms with Crippen molar-refractivity contribution >= 4 is 23.3 Å². The van der Waals surface area contributed by atoms with Crippen LogP contribution < -0.4 is 5.32 Å². The van der Waals surface area contributed by atoms with Crippen molar-refractivity contribution in [2.45, 2.75) is 69.4 Å². The first-order chi connectivity index (χ1) is 12.7. The highest BCUT2D eigenvalue weighted by Gasteiger charge is 2.37. The number of amides is 2. The van der Waals surface area contributed by atoms with Gasteiger partial charge in [-0.25, -0.2) is 0 Å². The molecule has 136 valence electrons. The van der Waals surface area contributed by atoms with Crippen LogP contribution in [0.5, 0.6) is 0 Å². The van der Waals surface area contributed by atoms with Crippen molar-refractivity contribution in [1.29, 1.82) is 0 Å². The van der Waals surface area contributed by atoms with Crippen LogP contribution in [0.3, 0.4) is 0 Å². The second kappa shape index (κ2) is 6.03. The summed E-state index contributed by atoms with van der Waals surface area (Å²) in [7, 11) is 0. The molecule has 8 heteroatoms. The van der Waals surface area contributed by atoms with Crippen molar-refractivity contribution < 1.29 is 9.59 Å². The maximum atomic E-state index is 11.9. The molecule has 0 aromatic carbocycles. The molecule has 0 unspecified atom stereocenters. The third-order valence-electron chi connectivity index (χ3n) is 5.73. The van der Waals surface area contributed by atoms with Crippen molar-refractivity contribution in [3.8, 4) is 0 Å². The molecule has 3 heterocycles. The molecular formula is C18H22N6O2. The van der Waals surface area contributed by atoms with Crippen LogP contribution in [-0.2, 0) is 9.59 Å². The Morgan fingerprint density at radius 2 is 1.65 bits per heavy atom. The van der Waals surface area contributed by atoms with Crippen LogP contribution >= 0.6 is 0 Å². The highest BCUT2D eigenvalue weighted by molar-refractivity contribution is 6.02. The maximum absolute atomic E-state index is 11.9. The summed E-state index contributed by atoms with van der Waals surface area (Å²) in [4.78, 5) is 25.3. The van der Waals surface area contributed by atoms with Crippen molar-refractivity contribution in [3.05, 3.63) is 18.0 Å². The van der Waals surface area contributed by atoms with E-state index in [4.69, 9.17) is 0 Å². The van der Waals surface area contributed by atoms with E-state index >= 15 is 0 Å². The molecular weight excluding hydrogens is 332 g/mol. The minimum atomic E-state index is -0.00117. The van der Waals surface area contributed by atoms with Gasteiger partial charge in [-0.15, -0.1) is 15.3 Å². The normalized spacial score (nSPS) is 26.7. The number of aromatic nitrogens is 4. The number of hydrogen-bond acceptors (Lipinski definition) is 6. The first-order valence-electron chi connectivity index (χ1n) is 9.53. The van der Waals surface area contributed by atoms with E-state index in [2.05, 4.69) is 20.6 Å². The number of fused-ring (bicyclic) bond motifs is 1. The quantitative estimate of drug-likeness (QED) is 0.843. The standard InChI is InChI=1S/C18H22N6O2/c25-16-9-10-17(26)23(16)13-5-3-12(4-6-13)19-14-7-8-15-20-21-18(11-1-2-11)24(15)22-14/h7-8,11-13H,1-6,9-10H2,(H,19,22). The molecule has 5 rings (SSSR count). The summed E-state index contributed by atoms with van der Waals surface area (Å²) >= 11 is 0. The minimum absolute atomic E-state index is 0.00117. The van der Waals surface area contributed by atoms with Gasteiger partial charge in [-0.3, -0.25) is 14.5 Å². The lowest BCUT2D eigenvalue weighted by Crippen LogP contribution is -2.43. The first kappa shape index (κ1) is 15.7. The number of anilines is 1. The zero-order valence-electron chi connectivity index (χ0n) is 14.6. The number of likely N-dealkylation sites (tertiary alicyclic amines) is 1. The summed E-state index contributed by atoms with van der Waals surface area (Å²) in [6.45, 7) is 0. The molecule has 2 aromatic heterocycles. The fourth-order valence-electron chi connectivity index (χ4n) is 4.17. The van der Waals surface area contributed by atoms with E-state index in [1.165, 1.54) is 4.90 Å². The van der Waals surface area contributed by atoms with Gasteiger partial charge in [-0.1, -0.05) is 0 Å². The van der Waals surface area contributed by atoms with E-state index in [1.807, 2.05) is 16.6 Å². The molecule has 0 atom stereocenters. The summed E-state index contributed by atoms with van der Waals surface area (Å²) in [5.41, 5.74) is 0.784. The molecule has 1 saturated heterocycles. The predicted molar refractivity (Wildman–Crippen MR) is 93.5 cm³/mol. The SMILES string of the molecule is O=C1CCC(=O)N1C1CCC(Nc2ccc3nnc(C4CC4)n3n2)CC1. The van der Waals surface area contributed by atoms with Crippen molar-refractivity contribution in [2.24, 2.45) is 0 Å². The summed E-state index contributed by atoms with van der Waals surface area (Å²) in [6.07, 6.45) is 6.66. The summed E-state index contributed by atoms with van der Waals surface area (Å²) in [6, 6.07) is 4.28. The van der Waals surface area contributed by atoms with E-state index in [-0.39, 0.29) is 17.9 Å². The molecule has 26 heavy (non-hydrogen) atoms. The molecule has 1 N–H and O–H groups in total. The molecule has 2 saturated carbocycles. The first-order valence-corrected chi connectivity index (χ1v) is 9.53. The summed E-state index contributed by atoms with van der Waals surface area (Å²) < 4.78 is 1.85. The number of nitrogens with one attached hydrogen (secondary N) is 1. The number of carbonyl (C=O) groups is 2. The molecule has 3 aliphatic rings. The second-order valence-corrected chi connectivity index (χ2v) is 7.63. The average molecular weight is 354 g/mol. The molecule has 3 fully saturated rings. The van der Waals surface area contributed by atoms with Gasteiger partial charge >= 0.3 is 0 Å². The number of rotatable bonds is 4. The molecule has 0 spiro atoms. The Bertz CT molecular complexity index is 850. The smallest absolute Gasteiger partial charge is 0.229 e. The van der Waals surface area contributed by atoms with Gasteiger partial charge in [0, 0.05) is 30.8 Å². The molecule has 2 aliphatic carbocycles. The lowest BCUT2D eigenvalue weighted by molar-refractivity contribution is -0.141. The fraction of sp³-hybridized carbons (Fsp3) is 0.611. The highest BCUT2D eigenvalue weighted by atomic mass is 16.2. The summed E-state index contributed by atoms with van der Waals surface area (Å²) in [5, 5.41) is 16.6. The minimum Gasteiger partial charge on any atom is -0.366 e. The van der Waals surface area contributed by atoms with Gasteiger partial charge < -0.3 is 5.32 Å². The molecule has 0 bridgehead atoms. The molecule has 2 amide bonds. The van der Waals surface area contributed by atoms with Crippen LogP contribution in [-0.4, -0.2) is 48.6 Å². The lowest BCUT2D eigenvalue weighted by atomic mass is 9.90. The van der Waals surface area contributed by atoms with Crippen molar-refractivity contribution in [3.63, 3.8) is 0 Å². The van der Waals surface area contributed by atoms with Gasteiger partial charge in [0.25, 0.3) is 0 Å². The van der Waals surface area contributed by atoms with E-state index in [0.717, 1.165) is 55.8 Å². The van der Waals surface area contributed by atoms with E-state index in [9.17, 15) is 9.59 Å². The van der Waals surface area contributed by atoms with Gasteiger partial charge in [0.05, 0.1) is 0 Å². The molecule has 8 nitrogen and oxygen atoms in total. The molecule has 2 aromatic rings. The number of nitrogens with zero attached hydrogens (tertiary/aromatic N) is 5. The largest absolute Gasteiger partial charge is 0.366 e. The fourth-order valence-corrected chi connectivity index (χ4v) is 4.17. The zero-order valence-corrected chi connectivity index (χ0v) is 14.6. The van der Waals surface area contributed by atoms with E-state index in [0.29, 0.717) is 24.8 Å². The Kier molecular flexibility index (Phi) is 3.65. The lowest BCUT2D eigenvalue weighted by Gasteiger charge is -2.33. The summed E-state index contributed by atoms with van der Waals surface area (Å²) in [5.74, 6) is 2.28. The molecule has 1 aliphatic heterocycles. The van der Waals surface area contributed by atoms with Gasteiger partial charge in [0.1, 0.15) is 5.82 Å². The predicted octanol–water partition coefficient (Wildman–Crippen LogP) is 1.87. The Labute approximate surface area is 151 Å². The van der Waals surface area contributed by atoms with Gasteiger partial charge in [-0.2, -0.15) is 4.52 Å². The van der Waals surface area contributed by atoms with Gasteiger partial charge in [-0.05, 0) is 50.7 Å². The third kappa shape index (κ3) is 2.73. The van der Waals surface area contributed by atoms with Gasteiger partial charge in [0.2, 0.25) is 11.8 Å². The zero-order chi connectivity index (χ0) is 17.7. The maximum Gasteiger partial charge on any atom is 0.229 e. The van der Waals surface area contributed by atoms with E-state index in [1.54, 1.807) is 0 Å². The highest BCUT2D eigenvalue weighted by Crippen LogP contribution is 2.38. The number of carbonyl (C=O) groups excluding carboxylic acids is 2. The number of hydrogen-bond donors (Lipinski definition) is 1. The van der Waals surface area contributed by atoms with Crippen LogP contribution in [0.2, 0.25) is 0 Å². The Morgan fingerprint density at radius 1 is 0.923 bits per heavy atom. The second-order valence-electron chi connectivity index (χ2n) is 7.63. The van der Waals surface area contributed by atoms with Crippen LogP contribution in [0, 0.1) is 0 Å². The average Bonchev–Trinajstić information content (AvgIpc) is 3.32. The van der Waals surface area contributed by atoms with Crippen LogP contribution in [0.1, 0.15) is 63.1 Å². The van der Waals surface area contributed by atoms with Crippen LogP contribution in [0.15, 0.2) is 12.1 Å². The van der Waals surface area contributed by atoms with Crippen LogP contribution in [0.4, 0.5) is 5.82 Å². The van der Waals surface area contributed by atoms with Crippen molar-refractivity contribution in [2.75, 3.05) is 5.32 Å². The van der Waals surface area contributed by atoms with Gasteiger partial charge in [0.15, 0.2) is 11.5 Å². The Balaban J connectivity index is 1.25. The Hall–Kier alpha value is -2.51. The van der Waals surface area contributed by atoms with Crippen LogP contribution in [0.25, 0.3) is 5.65 Å².